The molecule has 1 fully saturated rings. The minimum atomic E-state index is -1.38. The van der Waals surface area contributed by atoms with Crippen LogP contribution in [0.3, 0.4) is 0 Å². The third-order valence-electron chi connectivity index (χ3n) is 4.06. The lowest BCUT2D eigenvalue weighted by Gasteiger charge is -2.29. The van der Waals surface area contributed by atoms with Crippen LogP contribution in [0.1, 0.15) is 5.56 Å². The summed E-state index contributed by atoms with van der Waals surface area (Å²) in [6.07, 6.45) is 1.02. The Labute approximate surface area is 122 Å². The first-order chi connectivity index (χ1) is 9.74. The highest BCUT2D eigenvalue weighted by molar-refractivity contribution is 7.82. The quantitative estimate of drug-likeness (QED) is 0.871. The Kier molecular flexibility index (Phi) is 4.35. The molecule has 110 valence electrons. The maximum Gasteiger partial charge on any atom is 0.122 e. The third kappa shape index (κ3) is 3.03. The van der Waals surface area contributed by atoms with Crippen molar-refractivity contribution in [1.29, 1.82) is 0 Å². The molecule has 0 aromatic heterocycles. The van der Waals surface area contributed by atoms with E-state index in [2.05, 4.69) is 15.9 Å². The molecule has 2 heterocycles. The summed E-state index contributed by atoms with van der Waals surface area (Å²) in [6, 6.07) is 5.92. The van der Waals surface area contributed by atoms with Gasteiger partial charge in [-0.25, -0.2) is 9.35 Å². The van der Waals surface area contributed by atoms with Crippen LogP contribution in [-0.4, -0.2) is 55.0 Å². The number of nitrogens with two attached hydrogens (primary N) is 1. The molecule has 0 aliphatic carbocycles. The van der Waals surface area contributed by atoms with Crippen LogP contribution in [0.5, 0.6) is 0 Å². The number of rotatable bonds is 4. The summed E-state index contributed by atoms with van der Waals surface area (Å²) >= 11 is 0. The zero-order valence-electron chi connectivity index (χ0n) is 11.6. The molecular weight excluding hydrogens is 274 g/mol. The van der Waals surface area contributed by atoms with Gasteiger partial charge in [0.25, 0.3) is 0 Å². The van der Waals surface area contributed by atoms with E-state index in [1.807, 2.05) is 12.1 Å². The zero-order valence-corrected chi connectivity index (χ0v) is 12.4. The number of anilines is 1. The molecule has 0 amide bonds. The molecule has 1 atom stereocenters. The van der Waals surface area contributed by atoms with Gasteiger partial charge in [0.05, 0.1) is 18.1 Å². The Morgan fingerprint density at radius 1 is 1.20 bits per heavy atom. The van der Waals surface area contributed by atoms with Crippen LogP contribution in [0.2, 0.25) is 0 Å². The van der Waals surface area contributed by atoms with Gasteiger partial charge in [0.15, 0.2) is 0 Å². The maximum absolute atomic E-state index is 11.3. The first-order valence-corrected chi connectivity index (χ1v) is 8.29. The molecule has 0 bridgehead atoms. The van der Waals surface area contributed by atoms with Gasteiger partial charge in [0, 0.05) is 38.4 Å². The average molecular weight is 295 g/mol. The summed E-state index contributed by atoms with van der Waals surface area (Å²) in [5.74, 6) is 0. The van der Waals surface area contributed by atoms with Gasteiger partial charge in [-0.3, -0.25) is 4.90 Å². The zero-order chi connectivity index (χ0) is 13.9. The standard InChI is InChI=1S/C14H21N3O2S/c15-20(18)13-1-2-14-12(11-13)3-4-17(14)6-5-16-7-9-19-10-8-16/h1-2,11H,3-10,15H2. The van der Waals surface area contributed by atoms with Crippen molar-refractivity contribution in [1.82, 2.24) is 4.90 Å². The highest BCUT2D eigenvalue weighted by Gasteiger charge is 2.20. The number of hydrogen-bond acceptors (Lipinski definition) is 4. The van der Waals surface area contributed by atoms with Crippen molar-refractivity contribution in [2.45, 2.75) is 11.3 Å². The van der Waals surface area contributed by atoms with Crippen LogP contribution in [0.4, 0.5) is 5.69 Å². The number of nitrogens with zero attached hydrogens (tertiary/aromatic N) is 2. The van der Waals surface area contributed by atoms with Crippen molar-refractivity contribution in [3.8, 4) is 0 Å². The van der Waals surface area contributed by atoms with Gasteiger partial charge in [-0.2, -0.15) is 0 Å². The maximum atomic E-state index is 11.3. The molecule has 0 radical (unpaired) electrons. The van der Waals surface area contributed by atoms with Crippen LogP contribution in [0, 0.1) is 0 Å². The van der Waals surface area contributed by atoms with Gasteiger partial charge < -0.3 is 9.64 Å². The summed E-state index contributed by atoms with van der Waals surface area (Å²) in [4.78, 5) is 5.58. The molecule has 2 N–H and O–H groups in total. The van der Waals surface area contributed by atoms with Gasteiger partial charge in [0.2, 0.25) is 0 Å². The second-order valence-corrected chi connectivity index (χ2v) is 6.35. The van der Waals surface area contributed by atoms with Crippen molar-refractivity contribution < 1.29 is 8.95 Å². The lowest BCUT2D eigenvalue weighted by Crippen LogP contribution is -2.41. The lowest BCUT2D eigenvalue weighted by atomic mass is 10.2. The van der Waals surface area contributed by atoms with E-state index in [4.69, 9.17) is 9.88 Å². The smallest absolute Gasteiger partial charge is 0.122 e. The molecule has 5 nitrogen and oxygen atoms in total. The van der Waals surface area contributed by atoms with Crippen LogP contribution in [-0.2, 0) is 22.1 Å². The normalized spacial score (nSPS) is 20.9. The molecule has 1 aromatic carbocycles. The molecule has 20 heavy (non-hydrogen) atoms. The monoisotopic (exact) mass is 295 g/mol. The van der Waals surface area contributed by atoms with E-state index in [1.165, 1.54) is 11.3 Å². The molecule has 1 aromatic rings. The van der Waals surface area contributed by atoms with E-state index in [0.29, 0.717) is 0 Å². The van der Waals surface area contributed by atoms with Gasteiger partial charge in [-0.1, -0.05) is 0 Å². The molecular formula is C14H21N3O2S. The van der Waals surface area contributed by atoms with Crippen molar-refractivity contribution >= 4 is 16.7 Å². The first-order valence-electron chi connectivity index (χ1n) is 7.08. The predicted octanol–water partition coefficient (Wildman–Crippen LogP) is 0.363. The van der Waals surface area contributed by atoms with Crippen LogP contribution >= 0.6 is 0 Å². The average Bonchev–Trinajstić information content (AvgIpc) is 2.88. The Balaban J connectivity index is 1.62. The third-order valence-corrected chi connectivity index (χ3v) is 4.78. The Bertz CT molecular complexity index is 503. The number of ether oxygens (including phenoxy) is 1. The SMILES string of the molecule is NS(=O)c1ccc2c(c1)CCN2CCN1CCOCC1. The first kappa shape index (κ1) is 14.0. The van der Waals surface area contributed by atoms with Crippen molar-refractivity contribution in [2.75, 3.05) is 50.8 Å². The van der Waals surface area contributed by atoms with Crippen LogP contribution in [0.25, 0.3) is 0 Å². The summed E-state index contributed by atoms with van der Waals surface area (Å²) in [7, 11) is -1.38. The second kappa shape index (κ2) is 6.22. The molecule has 6 heteroatoms. The van der Waals surface area contributed by atoms with Crippen LogP contribution in [0.15, 0.2) is 23.1 Å². The molecule has 2 aliphatic rings. The molecule has 0 saturated carbocycles. The Morgan fingerprint density at radius 3 is 2.75 bits per heavy atom. The van der Waals surface area contributed by atoms with Gasteiger partial charge in [-0.15, -0.1) is 0 Å². The van der Waals surface area contributed by atoms with E-state index in [9.17, 15) is 4.21 Å². The van der Waals surface area contributed by atoms with E-state index >= 15 is 0 Å². The van der Waals surface area contributed by atoms with Gasteiger partial charge in [0.1, 0.15) is 11.0 Å². The topological polar surface area (TPSA) is 58.8 Å². The van der Waals surface area contributed by atoms with Gasteiger partial charge in [-0.05, 0) is 30.2 Å². The highest BCUT2D eigenvalue weighted by Crippen LogP contribution is 2.29. The fraction of sp³-hybridized carbons (Fsp3) is 0.571. The summed E-state index contributed by atoms with van der Waals surface area (Å²) in [6.45, 7) is 6.92. The molecule has 2 aliphatic heterocycles. The Hall–Kier alpha value is -0.950. The number of hydrogen-bond donors (Lipinski definition) is 1. The summed E-state index contributed by atoms with van der Waals surface area (Å²) in [5, 5.41) is 5.44. The largest absolute Gasteiger partial charge is 0.379 e. The predicted molar refractivity (Wildman–Crippen MR) is 80.2 cm³/mol. The van der Waals surface area contributed by atoms with E-state index in [-0.39, 0.29) is 0 Å². The van der Waals surface area contributed by atoms with Gasteiger partial charge >= 0.3 is 0 Å². The van der Waals surface area contributed by atoms with E-state index in [1.54, 1.807) is 0 Å². The summed E-state index contributed by atoms with van der Waals surface area (Å²) in [5.41, 5.74) is 2.54. The van der Waals surface area contributed by atoms with Crippen molar-refractivity contribution in [2.24, 2.45) is 5.14 Å². The van der Waals surface area contributed by atoms with Crippen molar-refractivity contribution in [3.63, 3.8) is 0 Å². The second-order valence-electron chi connectivity index (χ2n) is 5.28. The molecule has 3 rings (SSSR count). The van der Waals surface area contributed by atoms with E-state index < -0.39 is 11.0 Å². The minimum absolute atomic E-state index is 0.721. The van der Waals surface area contributed by atoms with Crippen LogP contribution < -0.4 is 10.0 Å². The fourth-order valence-corrected chi connectivity index (χ4v) is 3.35. The fourth-order valence-electron chi connectivity index (χ4n) is 2.89. The number of morpholine rings is 1. The number of benzene rings is 1. The lowest BCUT2D eigenvalue weighted by molar-refractivity contribution is 0.0392. The minimum Gasteiger partial charge on any atom is -0.379 e. The Morgan fingerprint density at radius 2 is 2.00 bits per heavy atom. The highest BCUT2D eigenvalue weighted by atomic mass is 32.2. The van der Waals surface area contributed by atoms with E-state index in [0.717, 1.165) is 57.3 Å². The summed E-state index contributed by atoms with van der Waals surface area (Å²) < 4.78 is 16.7. The molecule has 1 unspecified atom stereocenters. The number of fused-ring (bicyclic) bond motifs is 1. The molecule has 0 spiro atoms. The molecule has 1 saturated heterocycles. The van der Waals surface area contributed by atoms with Crippen molar-refractivity contribution in [3.05, 3.63) is 23.8 Å².